The monoisotopic (exact) mass is 150 g/mol. The number of rotatable bonds is 2. The quantitative estimate of drug-likeness (QED) is 0.598. The number of aromatic nitrogens is 2. The number of nitrogens with zero attached hydrogens (tertiary/aromatic N) is 2. The first-order valence-electron chi connectivity index (χ1n) is 3.56. The molecule has 0 saturated carbocycles. The fraction of sp³-hybridized carbons (Fsp3) is 0.375. The molecule has 0 fully saturated rings. The first kappa shape index (κ1) is 7.85. The Morgan fingerprint density at radius 3 is 2.82 bits per heavy atom. The van der Waals surface area contributed by atoms with Crippen molar-refractivity contribution >= 4 is 5.78 Å². The minimum Gasteiger partial charge on any atom is -0.292 e. The Labute approximate surface area is 65.5 Å². The molecule has 0 unspecified atom stereocenters. The Morgan fingerprint density at radius 1 is 1.55 bits per heavy atom. The van der Waals surface area contributed by atoms with E-state index >= 15 is 0 Å². The molecule has 1 aromatic heterocycles. The van der Waals surface area contributed by atoms with Crippen LogP contribution in [0.15, 0.2) is 12.4 Å². The SMILES string of the molecule is CCC(=O)c1cc(C)ncn1. The summed E-state index contributed by atoms with van der Waals surface area (Å²) in [6, 6.07) is 1.70. The van der Waals surface area contributed by atoms with Crippen LogP contribution >= 0.6 is 0 Å². The minimum absolute atomic E-state index is 0.0653. The zero-order chi connectivity index (χ0) is 8.27. The molecule has 0 amide bonds. The molecule has 0 aliphatic carbocycles. The topological polar surface area (TPSA) is 42.9 Å². The van der Waals surface area contributed by atoms with Gasteiger partial charge in [0.15, 0.2) is 5.78 Å². The fourth-order valence-corrected chi connectivity index (χ4v) is 0.788. The summed E-state index contributed by atoms with van der Waals surface area (Å²) in [5.41, 5.74) is 1.34. The number of carbonyl (C=O) groups is 1. The van der Waals surface area contributed by atoms with Gasteiger partial charge in [0.2, 0.25) is 0 Å². The van der Waals surface area contributed by atoms with Crippen molar-refractivity contribution in [3.8, 4) is 0 Å². The molecule has 1 aromatic rings. The van der Waals surface area contributed by atoms with E-state index < -0.39 is 0 Å². The highest BCUT2D eigenvalue weighted by molar-refractivity contribution is 5.93. The Hall–Kier alpha value is -1.25. The smallest absolute Gasteiger partial charge is 0.181 e. The molecule has 0 atom stereocenters. The van der Waals surface area contributed by atoms with E-state index in [1.54, 1.807) is 6.07 Å². The molecule has 0 N–H and O–H groups in total. The molecule has 0 bridgehead atoms. The maximum Gasteiger partial charge on any atom is 0.181 e. The van der Waals surface area contributed by atoms with Crippen molar-refractivity contribution < 1.29 is 4.79 Å². The number of hydrogen-bond acceptors (Lipinski definition) is 3. The third-order valence-corrected chi connectivity index (χ3v) is 1.41. The van der Waals surface area contributed by atoms with Crippen LogP contribution in [0.25, 0.3) is 0 Å². The van der Waals surface area contributed by atoms with Crippen molar-refractivity contribution in [3.05, 3.63) is 23.8 Å². The van der Waals surface area contributed by atoms with Crippen LogP contribution in [-0.4, -0.2) is 15.8 Å². The summed E-state index contributed by atoms with van der Waals surface area (Å²) >= 11 is 0. The lowest BCUT2D eigenvalue weighted by Gasteiger charge is -1.95. The third kappa shape index (κ3) is 1.83. The summed E-state index contributed by atoms with van der Waals surface area (Å²) in [4.78, 5) is 18.8. The van der Waals surface area contributed by atoms with Crippen LogP contribution in [-0.2, 0) is 0 Å². The zero-order valence-electron chi connectivity index (χ0n) is 6.66. The maximum atomic E-state index is 11.1. The highest BCUT2D eigenvalue weighted by Crippen LogP contribution is 1.99. The number of carbonyl (C=O) groups excluding carboxylic acids is 1. The van der Waals surface area contributed by atoms with Gasteiger partial charge in [0, 0.05) is 12.1 Å². The van der Waals surface area contributed by atoms with Gasteiger partial charge in [0.05, 0.1) is 0 Å². The van der Waals surface area contributed by atoms with Crippen molar-refractivity contribution in [3.63, 3.8) is 0 Å². The van der Waals surface area contributed by atoms with Gasteiger partial charge in [-0.2, -0.15) is 0 Å². The van der Waals surface area contributed by atoms with Gasteiger partial charge in [0.1, 0.15) is 12.0 Å². The highest BCUT2D eigenvalue weighted by atomic mass is 16.1. The first-order chi connectivity index (χ1) is 5.24. The predicted molar refractivity (Wildman–Crippen MR) is 41.4 cm³/mol. The molecular weight excluding hydrogens is 140 g/mol. The number of aryl methyl sites for hydroxylation is 1. The summed E-state index contributed by atoms with van der Waals surface area (Å²) in [5.74, 6) is 0.0653. The molecule has 1 rings (SSSR count). The van der Waals surface area contributed by atoms with Gasteiger partial charge in [0.25, 0.3) is 0 Å². The minimum atomic E-state index is 0.0653. The van der Waals surface area contributed by atoms with E-state index in [0.29, 0.717) is 12.1 Å². The number of Topliss-reactive ketones (excluding diaryl/α,β-unsaturated/α-hetero) is 1. The van der Waals surface area contributed by atoms with Gasteiger partial charge >= 0.3 is 0 Å². The molecule has 0 radical (unpaired) electrons. The molecule has 1 heterocycles. The molecule has 3 heteroatoms. The second kappa shape index (κ2) is 3.23. The predicted octanol–water partition coefficient (Wildman–Crippen LogP) is 1.38. The van der Waals surface area contributed by atoms with Crippen LogP contribution in [0.2, 0.25) is 0 Å². The first-order valence-corrected chi connectivity index (χ1v) is 3.56. The lowest BCUT2D eigenvalue weighted by molar-refractivity contribution is 0.0983. The molecule has 0 spiro atoms. The molecule has 0 aliphatic rings. The average Bonchev–Trinajstić information content (AvgIpc) is 2.03. The van der Waals surface area contributed by atoms with Gasteiger partial charge in [-0.25, -0.2) is 9.97 Å². The van der Waals surface area contributed by atoms with E-state index in [4.69, 9.17) is 0 Å². The summed E-state index contributed by atoms with van der Waals surface area (Å²) in [6.45, 7) is 3.66. The molecule has 0 aliphatic heterocycles. The van der Waals surface area contributed by atoms with E-state index in [-0.39, 0.29) is 5.78 Å². The molecular formula is C8H10N2O. The van der Waals surface area contributed by atoms with E-state index in [9.17, 15) is 4.79 Å². The van der Waals surface area contributed by atoms with Gasteiger partial charge in [-0.15, -0.1) is 0 Å². The van der Waals surface area contributed by atoms with Crippen LogP contribution in [0, 0.1) is 6.92 Å². The van der Waals surface area contributed by atoms with Crippen LogP contribution in [0.4, 0.5) is 0 Å². The summed E-state index contributed by atoms with van der Waals surface area (Å²) in [5, 5.41) is 0. The van der Waals surface area contributed by atoms with Crippen molar-refractivity contribution in [2.24, 2.45) is 0 Å². The van der Waals surface area contributed by atoms with Crippen molar-refractivity contribution in [1.29, 1.82) is 0 Å². The van der Waals surface area contributed by atoms with E-state index in [0.717, 1.165) is 5.69 Å². The van der Waals surface area contributed by atoms with Gasteiger partial charge in [-0.1, -0.05) is 6.92 Å². The summed E-state index contributed by atoms with van der Waals surface area (Å²) < 4.78 is 0. The molecule has 3 nitrogen and oxygen atoms in total. The zero-order valence-corrected chi connectivity index (χ0v) is 6.66. The third-order valence-electron chi connectivity index (χ3n) is 1.41. The van der Waals surface area contributed by atoms with Crippen molar-refractivity contribution in [1.82, 2.24) is 9.97 Å². The van der Waals surface area contributed by atoms with Gasteiger partial charge in [-0.3, -0.25) is 4.79 Å². The Bertz CT molecular complexity index is 271. The second-order valence-electron chi connectivity index (χ2n) is 2.32. The van der Waals surface area contributed by atoms with Gasteiger partial charge in [-0.05, 0) is 13.0 Å². The van der Waals surface area contributed by atoms with Crippen molar-refractivity contribution in [2.75, 3.05) is 0 Å². The van der Waals surface area contributed by atoms with E-state index in [1.807, 2.05) is 13.8 Å². The summed E-state index contributed by atoms with van der Waals surface area (Å²) in [7, 11) is 0. The Kier molecular flexibility index (Phi) is 2.31. The van der Waals surface area contributed by atoms with Crippen LogP contribution in [0.1, 0.15) is 29.5 Å². The highest BCUT2D eigenvalue weighted by Gasteiger charge is 2.03. The fourth-order valence-electron chi connectivity index (χ4n) is 0.788. The van der Waals surface area contributed by atoms with Gasteiger partial charge < -0.3 is 0 Å². The normalized spacial score (nSPS) is 9.64. The Morgan fingerprint density at radius 2 is 2.27 bits per heavy atom. The van der Waals surface area contributed by atoms with Crippen LogP contribution in [0.3, 0.4) is 0 Å². The standard InChI is InChI=1S/C8H10N2O/c1-3-8(11)7-4-6(2)9-5-10-7/h4-5H,3H2,1-2H3. The van der Waals surface area contributed by atoms with Crippen molar-refractivity contribution in [2.45, 2.75) is 20.3 Å². The number of hydrogen-bond donors (Lipinski definition) is 0. The van der Waals surface area contributed by atoms with E-state index in [2.05, 4.69) is 9.97 Å². The van der Waals surface area contributed by atoms with Crippen LogP contribution < -0.4 is 0 Å². The largest absolute Gasteiger partial charge is 0.292 e. The maximum absolute atomic E-state index is 11.1. The average molecular weight is 150 g/mol. The summed E-state index contributed by atoms with van der Waals surface area (Å²) in [6.07, 6.45) is 1.91. The lowest BCUT2D eigenvalue weighted by atomic mass is 10.2. The van der Waals surface area contributed by atoms with E-state index in [1.165, 1.54) is 6.33 Å². The lowest BCUT2D eigenvalue weighted by Crippen LogP contribution is -2.01. The molecule has 0 aromatic carbocycles. The Balaban J connectivity index is 2.96. The van der Waals surface area contributed by atoms with Crippen LogP contribution in [0.5, 0.6) is 0 Å². The second-order valence-corrected chi connectivity index (χ2v) is 2.32. The molecule has 58 valence electrons. The molecule has 11 heavy (non-hydrogen) atoms. The molecule has 0 saturated heterocycles. The number of ketones is 1.